The molecule has 0 aliphatic carbocycles. The maximum atomic E-state index is 14.4. The lowest BCUT2D eigenvalue weighted by Gasteiger charge is -2.23. The van der Waals surface area contributed by atoms with Crippen LogP contribution in [0, 0.1) is 11.6 Å². The fourth-order valence-electron chi connectivity index (χ4n) is 3.85. The van der Waals surface area contributed by atoms with Crippen molar-refractivity contribution in [3.05, 3.63) is 81.3 Å². The highest BCUT2D eigenvalue weighted by atomic mass is 79.9. The minimum absolute atomic E-state index is 0.00392. The highest BCUT2D eigenvalue weighted by Gasteiger charge is 2.42. The van der Waals surface area contributed by atoms with Crippen molar-refractivity contribution in [3.8, 4) is 0 Å². The van der Waals surface area contributed by atoms with Crippen LogP contribution in [0.3, 0.4) is 0 Å². The molecule has 172 valence electrons. The molecule has 0 fully saturated rings. The topological polar surface area (TPSA) is 92.3 Å². The minimum atomic E-state index is -1.83. The first kappa shape index (κ1) is 22.7. The number of nitrogens with zero attached hydrogens (tertiary/aromatic N) is 3. The molecule has 2 amide bonds. The van der Waals surface area contributed by atoms with Crippen LogP contribution in [0.4, 0.5) is 14.5 Å². The Bertz CT molecular complexity index is 1530. The molecule has 7 nitrogen and oxygen atoms in total. The highest BCUT2D eigenvalue weighted by Crippen LogP contribution is 2.38. The number of aromatic nitrogens is 2. The largest absolute Gasteiger partial charge is 0.300 e. The van der Waals surface area contributed by atoms with E-state index < -0.39 is 40.5 Å². The first-order valence-electron chi connectivity index (χ1n) is 9.82. The molecular weight excluding hydrogens is 550 g/mol. The van der Waals surface area contributed by atoms with Crippen molar-refractivity contribution in [1.82, 2.24) is 13.6 Å². The summed E-state index contributed by atoms with van der Waals surface area (Å²) in [6.07, 6.45) is 0. The first-order valence-corrected chi connectivity index (χ1v) is 12.5. The number of fused-ring (bicyclic) bond motifs is 2. The Kier molecular flexibility index (Phi) is 5.74. The van der Waals surface area contributed by atoms with Gasteiger partial charge in [-0.25, -0.2) is 13.0 Å². The Morgan fingerprint density at radius 1 is 1.09 bits per heavy atom. The van der Waals surface area contributed by atoms with Crippen molar-refractivity contribution in [2.75, 3.05) is 4.72 Å². The van der Waals surface area contributed by atoms with E-state index in [-0.39, 0.29) is 22.4 Å². The maximum absolute atomic E-state index is 14.4. The van der Waals surface area contributed by atoms with Gasteiger partial charge in [0.1, 0.15) is 22.7 Å². The van der Waals surface area contributed by atoms with Crippen LogP contribution in [0.2, 0.25) is 0 Å². The van der Waals surface area contributed by atoms with Crippen molar-refractivity contribution in [1.29, 1.82) is 0 Å². The number of nitrogens with one attached hydrogen (secondary N) is 1. The van der Waals surface area contributed by atoms with E-state index in [1.807, 2.05) is 0 Å². The number of imide groups is 1. The van der Waals surface area contributed by atoms with E-state index in [1.165, 1.54) is 25.1 Å². The quantitative estimate of drug-likeness (QED) is 0.336. The summed E-state index contributed by atoms with van der Waals surface area (Å²) in [5.74, 6) is -2.96. The van der Waals surface area contributed by atoms with Crippen molar-refractivity contribution >= 4 is 67.2 Å². The molecule has 1 N–H and O–H groups in total. The van der Waals surface area contributed by atoms with Gasteiger partial charge < -0.3 is 4.72 Å². The molecule has 5 rings (SSSR count). The second-order valence-electron chi connectivity index (χ2n) is 7.46. The summed E-state index contributed by atoms with van der Waals surface area (Å²) in [6, 6.07) is 10.0. The van der Waals surface area contributed by atoms with Gasteiger partial charge in [0.05, 0.1) is 39.5 Å². The number of amides is 2. The summed E-state index contributed by atoms with van der Waals surface area (Å²) in [5.41, 5.74) is 1.30. The molecule has 1 aliphatic heterocycles. The van der Waals surface area contributed by atoms with E-state index in [2.05, 4.69) is 29.4 Å². The molecule has 1 aliphatic rings. The van der Waals surface area contributed by atoms with Crippen molar-refractivity contribution < 1.29 is 22.6 Å². The van der Waals surface area contributed by atoms with Gasteiger partial charge >= 0.3 is 0 Å². The van der Waals surface area contributed by atoms with E-state index in [1.54, 1.807) is 18.2 Å². The van der Waals surface area contributed by atoms with Crippen LogP contribution in [0.25, 0.3) is 11.0 Å². The maximum Gasteiger partial charge on any atom is 0.264 e. The second-order valence-corrected chi connectivity index (χ2v) is 10.1. The van der Waals surface area contributed by atoms with E-state index in [4.69, 9.17) is 0 Å². The van der Waals surface area contributed by atoms with Gasteiger partial charge in [-0.1, -0.05) is 28.1 Å². The Morgan fingerprint density at radius 2 is 1.88 bits per heavy atom. The Hall–Kier alpha value is -3.09. The summed E-state index contributed by atoms with van der Waals surface area (Å²) in [4.78, 5) is 27.8. The molecule has 1 aromatic heterocycles. The molecule has 0 spiro atoms. The van der Waals surface area contributed by atoms with Crippen LogP contribution in [-0.4, -0.2) is 29.7 Å². The van der Waals surface area contributed by atoms with Crippen LogP contribution < -0.4 is 4.72 Å². The van der Waals surface area contributed by atoms with E-state index in [0.717, 1.165) is 22.7 Å². The predicted molar refractivity (Wildman–Crippen MR) is 127 cm³/mol. The average molecular weight is 563 g/mol. The minimum Gasteiger partial charge on any atom is -0.300 e. The molecule has 1 unspecified atom stereocenters. The van der Waals surface area contributed by atoms with Crippen molar-refractivity contribution in [2.24, 2.45) is 0 Å². The van der Waals surface area contributed by atoms with Gasteiger partial charge in [0.15, 0.2) is 11.0 Å². The standard InChI is InChI=1S/C22H13BrF2N4O3S2/c1-10(13-6-5-12(24)9-15(13)25)29-21(30)14-7-11(23)8-17(19(14)22(29)31)28-34(32)18-4-2-3-16-20(18)27-33-26-16/h2-10,28H,1H3/t10-,34?/m1/s1. The van der Waals surface area contributed by atoms with E-state index in [9.17, 15) is 22.6 Å². The lowest BCUT2D eigenvalue weighted by molar-refractivity contribution is 0.0593. The summed E-state index contributed by atoms with van der Waals surface area (Å²) in [5, 5.41) is 0. The molecule has 0 radical (unpaired) electrons. The Labute approximate surface area is 206 Å². The van der Waals surface area contributed by atoms with Gasteiger partial charge in [-0.2, -0.15) is 8.75 Å². The number of hydrogen-bond donors (Lipinski definition) is 1. The predicted octanol–water partition coefficient (Wildman–Crippen LogP) is 5.22. The van der Waals surface area contributed by atoms with Gasteiger partial charge in [-0.3, -0.25) is 14.5 Å². The lowest BCUT2D eigenvalue weighted by atomic mass is 10.1. The van der Waals surface area contributed by atoms with Gasteiger partial charge in [0.2, 0.25) is 0 Å². The molecule has 34 heavy (non-hydrogen) atoms. The molecule has 2 heterocycles. The fourth-order valence-corrected chi connectivity index (χ4v) is 5.91. The molecule has 3 aromatic carbocycles. The average Bonchev–Trinajstić information content (AvgIpc) is 3.36. The molecule has 12 heteroatoms. The fraction of sp³-hybridized carbons (Fsp3) is 0.0909. The van der Waals surface area contributed by atoms with Crippen molar-refractivity contribution in [2.45, 2.75) is 17.9 Å². The lowest BCUT2D eigenvalue weighted by Crippen LogP contribution is -2.33. The summed E-state index contributed by atoms with van der Waals surface area (Å²) in [6.45, 7) is 1.48. The number of rotatable bonds is 5. The zero-order valence-corrected chi connectivity index (χ0v) is 20.4. The SMILES string of the molecule is C[C@H](c1ccc(F)cc1F)N1C(=O)c2cc(Br)cc(NS(=O)c3cccc4nsnc34)c2C1=O. The zero-order valence-electron chi connectivity index (χ0n) is 17.2. The third-order valence-corrected chi connectivity index (χ3v) is 7.57. The number of benzene rings is 3. The Morgan fingerprint density at radius 3 is 2.65 bits per heavy atom. The van der Waals surface area contributed by atoms with Crippen LogP contribution >= 0.6 is 27.7 Å². The molecule has 0 bridgehead atoms. The third-order valence-electron chi connectivity index (χ3n) is 5.44. The van der Waals surface area contributed by atoms with Crippen LogP contribution in [0.1, 0.15) is 39.2 Å². The summed E-state index contributed by atoms with van der Waals surface area (Å²) in [7, 11) is -1.83. The van der Waals surface area contributed by atoms with Gasteiger partial charge in [0.25, 0.3) is 11.8 Å². The van der Waals surface area contributed by atoms with Crippen LogP contribution in [0.15, 0.2) is 57.9 Å². The molecule has 2 atom stereocenters. The van der Waals surface area contributed by atoms with Crippen LogP contribution in [-0.2, 0) is 11.0 Å². The number of carbonyl (C=O) groups is 2. The zero-order chi connectivity index (χ0) is 24.1. The van der Waals surface area contributed by atoms with Crippen molar-refractivity contribution in [3.63, 3.8) is 0 Å². The second kappa shape index (κ2) is 8.60. The molecule has 0 saturated carbocycles. The van der Waals surface area contributed by atoms with Gasteiger partial charge in [-0.15, -0.1) is 0 Å². The third kappa shape index (κ3) is 3.71. The normalized spacial score (nSPS) is 15.0. The number of hydrogen-bond acceptors (Lipinski definition) is 6. The van der Waals surface area contributed by atoms with Gasteiger partial charge in [0, 0.05) is 16.1 Å². The Balaban J connectivity index is 1.53. The monoisotopic (exact) mass is 562 g/mol. The number of anilines is 1. The molecule has 4 aromatic rings. The summed E-state index contributed by atoms with van der Waals surface area (Å²) >= 11 is 4.31. The smallest absolute Gasteiger partial charge is 0.264 e. The molecule has 0 saturated heterocycles. The highest BCUT2D eigenvalue weighted by molar-refractivity contribution is 9.10. The van der Waals surface area contributed by atoms with Crippen LogP contribution in [0.5, 0.6) is 0 Å². The summed E-state index contributed by atoms with van der Waals surface area (Å²) < 4.78 is 52.5. The van der Waals surface area contributed by atoms with E-state index in [0.29, 0.717) is 26.5 Å². The number of halogens is 3. The number of carbonyl (C=O) groups excluding carboxylic acids is 2. The molecular formula is C22H13BrF2N4O3S2. The van der Waals surface area contributed by atoms with E-state index >= 15 is 0 Å². The van der Waals surface area contributed by atoms with Gasteiger partial charge in [-0.05, 0) is 37.3 Å². The first-order chi connectivity index (χ1) is 16.3.